The first-order valence-electron chi connectivity index (χ1n) is 5.88. The van der Waals surface area contributed by atoms with Gasteiger partial charge < -0.3 is 20.5 Å². The van der Waals surface area contributed by atoms with Crippen molar-refractivity contribution in [2.24, 2.45) is 5.73 Å². The second-order valence-corrected chi connectivity index (χ2v) is 3.99. The van der Waals surface area contributed by atoms with Crippen LogP contribution in [0.25, 0.3) is 0 Å². The summed E-state index contributed by atoms with van der Waals surface area (Å²) in [4.78, 5) is 0. The molecular weight excluding hydrogens is 216 g/mol. The lowest BCUT2D eigenvalue weighted by Crippen LogP contribution is -2.32. The van der Waals surface area contributed by atoms with E-state index >= 15 is 0 Å². The number of methoxy groups -OCH3 is 2. The Morgan fingerprint density at radius 3 is 2.53 bits per heavy atom. The van der Waals surface area contributed by atoms with Crippen LogP contribution < -0.4 is 20.5 Å². The summed E-state index contributed by atoms with van der Waals surface area (Å²) in [6, 6.07) is 6.13. The van der Waals surface area contributed by atoms with Crippen molar-refractivity contribution in [1.29, 1.82) is 0 Å². The number of benzene rings is 1. The van der Waals surface area contributed by atoms with E-state index in [9.17, 15) is 0 Å². The van der Waals surface area contributed by atoms with Crippen molar-refractivity contribution in [3.8, 4) is 11.5 Å². The molecule has 4 heteroatoms. The number of hydrogen-bond acceptors (Lipinski definition) is 4. The average molecular weight is 238 g/mol. The number of rotatable bonds is 7. The van der Waals surface area contributed by atoms with Gasteiger partial charge in [0.25, 0.3) is 0 Å². The van der Waals surface area contributed by atoms with Crippen molar-refractivity contribution in [1.82, 2.24) is 5.32 Å². The number of ether oxygens (including phenoxy) is 2. The van der Waals surface area contributed by atoms with Gasteiger partial charge in [-0.15, -0.1) is 0 Å². The largest absolute Gasteiger partial charge is 0.493 e. The van der Waals surface area contributed by atoms with Crippen LogP contribution in [0.4, 0.5) is 0 Å². The molecule has 96 valence electrons. The van der Waals surface area contributed by atoms with E-state index in [2.05, 4.69) is 12.2 Å². The highest BCUT2D eigenvalue weighted by molar-refractivity contribution is 5.42. The fraction of sp³-hybridized carbons (Fsp3) is 0.538. The summed E-state index contributed by atoms with van der Waals surface area (Å²) in [7, 11) is 3.28. The van der Waals surface area contributed by atoms with Crippen LogP contribution in [-0.4, -0.2) is 26.8 Å². The molecule has 1 atom stereocenters. The van der Waals surface area contributed by atoms with E-state index in [0.717, 1.165) is 36.6 Å². The maximum Gasteiger partial charge on any atom is 0.161 e. The molecular formula is C13H22N2O2. The summed E-state index contributed by atoms with van der Waals surface area (Å²) in [5, 5.41) is 3.32. The minimum Gasteiger partial charge on any atom is -0.493 e. The minimum atomic E-state index is 0.218. The van der Waals surface area contributed by atoms with Crippen molar-refractivity contribution < 1.29 is 9.47 Å². The fourth-order valence-electron chi connectivity index (χ4n) is 1.54. The van der Waals surface area contributed by atoms with E-state index in [1.54, 1.807) is 14.2 Å². The molecule has 0 bridgehead atoms. The van der Waals surface area contributed by atoms with Gasteiger partial charge in [0.1, 0.15) is 0 Å². The highest BCUT2D eigenvalue weighted by Crippen LogP contribution is 2.27. The standard InChI is InChI=1S/C13H22N2O2/c1-4-11(14)9-15-8-10-5-6-12(16-2)13(7-10)17-3/h5-7,11,15H,4,8-9,14H2,1-3H3. The molecule has 0 amide bonds. The molecule has 0 aliphatic heterocycles. The van der Waals surface area contributed by atoms with Gasteiger partial charge in [-0.25, -0.2) is 0 Å². The van der Waals surface area contributed by atoms with Crippen molar-refractivity contribution in [3.05, 3.63) is 23.8 Å². The van der Waals surface area contributed by atoms with Crippen LogP contribution in [0.2, 0.25) is 0 Å². The quantitative estimate of drug-likeness (QED) is 0.756. The van der Waals surface area contributed by atoms with Crippen molar-refractivity contribution in [2.75, 3.05) is 20.8 Å². The molecule has 0 saturated heterocycles. The van der Waals surface area contributed by atoms with Gasteiger partial charge in [-0.1, -0.05) is 13.0 Å². The molecule has 0 aliphatic rings. The van der Waals surface area contributed by atoms with Crippen LogP contribution in [-0.2, 0) is 6.54 Å². The maximum atomic E-state index is 5.83. The third-order valence-electron chi connectivity index (χ3n) is 2.71. The molecule has 1 aromatic carbocycles. The number of nitrogens with two attached hydrogens (primary N) is 1. The second kappa shape index (κ2) is 7.14. The molecule has 4 nitrogen and oxygen atoms in total. The molecule has 1 rings (SSSR count). The summed E-state index contributed by atoms with van der Waals surface area (Å²) >= 11 is 0. The number of hydrogen-bond donors (Lipinski definition) is 2. The summed E-state index contributed by atoms with van der Waals surface area (Å²) in [6.07, 6.45) is 0.985. The highest BCUT2D eigenvalue weighted by atomic mass is 16.5. The third kappa shape index (κ3) is 4.24. The molecule has 3 N–H and O–H groups in total. The van der Waals surface area contributed by atoms with Crippen LogP contribution in [0.5, 0.6) is 11.5 Å². The van der Waals surface area contributed by atoms with Crippen molar-refractivity contribution >= 4 is 0 Å². The molecule has 0 radical (unpaired) electrons. The molecule has 0 aliphatic carbocycles. The lowest BCUT2D eigenvalue weighted by atomic mass is 10.2. The van der Waals surface area contributed by atoms with Crippen LogP contribution in [0.3, 0.4) is 0 Å². The first kappa shape index (κ1) is 13.8. The smallest absolute Gasteiger partial charge is 0.161 e. The van der Waals surface area contributed by atoms with E-state index in [1.807, 2.05) is 18.2 Å². The zero-order chi connectivity index (χ0) is 12.7. The average Bonchev–Trinajstić information content (AvgIpc) is 2.38. The third-order valence-corrected chi connectivity index (χ3v) is 2.71. The molecule has 0 fully saturated rings. The van der Waals surface area contributed by atoms with E-state index in [4.69, 9.17) is 15.2 Å². The van der Waals surface area contributed by atoms with Gasteiger partial charge in [0.2, 0.25) is 0 Å². The van der Waals surface area contributed by atoms with Crippen molar-refractivity contribution in [3.63, 3.8) is 0 Å². The molecule has 0 heterocycles. The lowest BCUT2D eigenvalue weighted by Gasteiger charge is -2.12. The molecule has 17 heavy (non-hydrogen) atoms. The monoisotopic (exact) mass is 238 g/mol. The Bertz CT molecular complexity index is 342. The highest BCUT2D eigenvalue weighted by Gasteiger charge is 2.04. The second-order valence-electron chi connectivity index (χ2n) is 3.99. The topological polar surface area (TPSA) is 56.5 Å². The summed E-state index contributed by atoms with van der Waals surface area (Å²) in [5.74, 6) is 1.51. The predicted molar refractivity (Wildman–Crippen MR) is 69.5 cm³/mol. The van der Waals surface area contributed by atoms with Gasteiger partial charge in [0.05, 0.1) is 14.2 Å². The Labute approximate surface area is 103 Å². The van der Waals surface area contributed by atoms with Gasteiger partial charge in [0, 0.05) is 19.1 Å². The van der Waals surface area contributed by atoms with E-state index in [1.165, 1.54) is 0 Å². The van der Waals surface area contributed by atoms with Crippen LogP contribution in [0.1, 0.15) is 18.9 Å². The Morgan fingerprint density at radius 2 is 1.94 bits per heavy atom. The van der Waals surface area contributed by atoms with Gasteiger partial charge in [-0.2, -0.15) is 0 Å². The first-order valence-corrected chi connectivity index (χ1v) is 5.88. The normalized spacial score (nSPS) is 12.2. The molecule has 1 aromatic rings. The SMILES string of the molecule is CCC(N)CNCc1ccc(OC)c(OC)c1. The summed E-state index contributed by atoms with van der Waals surface area (Å²) in [6.45, 7) is 3.70. The Morgan fingerprint density at radius 1 is 1.24 bits per heavy atom. The number of nitrogens with one attached hydrogen (secondary N) is 1. The maximum absolute atomic E-state index is 5.83. The van der Waals surface area contributed by atoms with Crippen molar-refractivity contribution in [2.45, 2.75) is 25.9 Å². The van der Waals surface area contributed by atoms with E-state index in [-0.39, 0.29) is 6.04 Å². The molecule has 0 saturated carbocycles. The van der Waals surface area contributed by atoms with Gasteiger partial charge in [-0.05, 0) is 24.1 Å². The van der Waals surface area contributed by atoms with Crippen LogP contribution in [0.15, 0.2) is 18.2 Å². The van der Waals surface area contributed by atoms with E-state index < -0.39 is 0 Å². The predicted octanol–water partition coefficient (Wildman–Crippen LogP) is 1.53. The zero-order valence-corrected chi connectivity index (χ0v) is 10.8. The lowest BCUT2D eigenvalue weighted by molar-refractivity contribution is 0.354. The van der Waals surface area contributed by atoms with Gasteiger partial charge in [-0.3, -0.25) is 0 Å². The Kier molecular flexibility index (Phi) is 5.80. The zero-order valence-electron chi connectivity index (χ0n) is 10.8. The fourth-order valence-corrected chi connectivity index (χ4v) is 1.54. The molecule has 0 spiro atoms. The first-order chi connectivity index (χ1) is 8.21. The van der Waals surface area contributed by atoms with Gasteiger partial charge in [0.15, 0.2) is 11.5 Å². The van der Waals surface area contributed by atoms with Crippen LogP contribution in [0, 0.1) is 0 Å². The molecule has 1 unspecified atom stereocenters. The van der Waals surface area contributed by atoms with Crippen LogP contribution >= 0.6 is 0 Å². The van der Waals surface area contributed by atoms with Gasteiger partial charge >= 0.3 is 0 Å². The molecule has 0 aromatic heterocycles. The van der Waals surface area contributed by atoms with E-state index in [0.29, 0.717) is 0 Å². The Balaban J connectivity index is 2.54. The summed E-state index contributed by atoms with van der Waals surface area (Å²) in [5.41, 5.74) is 6.99. The Hall–Kier alpha value is -1.26. The summed E-state index contributed by atoms with van der Waals surface area (Å²) < 4.78 is 10.4. The minimum absolute atomic E-state index is 0.218.